The summed E-state index contributed by atoms with van der Waals surface area (Å²) in [5.41, 5.74) is 3.71. The monoisotopic (exact) mass is 496 g/mol. The van der Waals surface area contributed by atoms with Crippen molar-refractivity contribution in [2.45, 2.75) is 25.3 Å². The Bertz CT molecular complexity index is 1260. The number of ether oxygens (including phenoxy) is 1. The molecule has 186 valence electrons. The van der Waals surface area contributed by atoms with Crippen LogP contribution in [-0.2, 0) is 16.1 Å². The van der Waals surface area contributed by atoms with Crippen molar-refractivity contribution in [2.24, 2.45) is 5.41 Å². The highest BCUT2D eigenvalue weighted by Crippen LogP contribution is 2.51. The molecule has 2 aliphatic rings. The number of carbonyl (C=O) groups excluding carboxylic acids is 1. The van der Waals surface area contributed by atoms with Crippen LogP contribution in [0.1, 0.15) is 18.1 Å². The number of nitrogens with one attached hydrogen (secondary N) is 2. The molecule has 0 spiro atoms. The number of anilines is 2. The summed E-state index contributed by atoms with van der Waals surface area (Å²) in [6.45, 7) is 7.02. The molecule has 0 saturated carbocycles. The fraction of sp³-hybridized carbons (Fsp3) is 0.385. The quantitative estimate of drug-likeness (QED) is 0.404. The standard InChI is InChI=1S/C26H32N4O4S/c1-18-6-5-8-21-22(28-15-26(16-34-17-26)14-27-19(2)31)12-24(29-25(18)21)30-10-11-35(32,33)23-9-4-3-7-20(23)13-30/h3-9,12,32-33H,10-11,13-17H2,1-2H3,(H,27,31)(H,28,29). The molecule has 0 unspecified atom stereocenters. The molecule has 9 heteroatoms. The van der Waals surface area contributed by atoms with Crippen molar-refractivity contribution in [3.63, 3.8) is 0 Å². The highest BCUT2D eigenvalue weighted by Gasteiger charge is 2.38. The molecule has 0 radical (unpaired) electrons. The van der Waals surface area contributed by atoms with Crippen LogP contribution < -0.4 is 15.5 Å². The van der Waals surface area contributed by atoms with Gasteiger partial charge in [-0.25, -0.2) is 4.98 Å². The molecule has 1 amide bonds. The van der Waals surface area contributed by atoms with E-state index in [1.54, 1.807) is 0 Å². The lowest BCUT2D eigenvalue weighted by molar-refractivity contribution is -0.125. The van der Waals surface area contributed by atoms with Crippen LogP contribution in [0.2, 0.25) is 0 Å². The summed E-state index contributed by atoms with van der Waals surface area (Å²) < 4.78 is 27.0. The second-order valence-electron chi connectivity index (χ2n) is 9.66. The number of nitrogens with zero attached hydrogens (tertiary/aromatic N) is 2. The molecule has 1 saturated heterocycles. The van der Waals surface area contributed by atoms with Gasteiger partial charge in [0.2, 0.25) is 5.91 Å². The van der Waals surface area contributed by atoms with Gasteiger partial charge in [0.05, 0.1) is 34.8 Å². The van der Waals surface area contributed by atoms with Gasteiger partial charge in [-0.2, -0.15) is 10.6 Å². The van der Waals surface area contributed by atoms with E-state index in [1.165, 1.54) is 6.92 Å². The van der Waals surface area contributed by atoms with Gasteiger partial charge in [-0.05, 0) is 24.1 Å². The van der Waals surface area contributed by atoms with Crippen LogP contribution in [0.4, 0.5) is 11.5 Å². The molecular weight excluding hydrogens is 464 g/mol. The molecule has 35 heavy (non-hydrogen) atoms. The molecule has 3 heterocycles. The highest BCUT2D eigenvalue weighted by molar-refractivity contribution is 8.24. The van der Waals surface area contributed by atoms with Crippen molar-refractivity contribution in [3.05, 3.63) is 59.7 Å². The molecule has 2 aliphatic heterocycles. The third kappa shape index (κ3) is 4.81. The number of fused-ring (bicyclic) bond motifs is 2. The van der Waals surface area contributed by atoms with Crippen molar-refractivity contribution in [1.82, 2.24) is 10.3 Å². The zero-order valence-corrected chi connectivity index (χ0v) is 20.9. The number of hydrogen-bond donors (Lipinski definition) is 4. The summed E-state index contributed by atoms with van der Waals surface area (Å²) in [6, 6.07) is 15.7. The van der Waals surface area contributed by atoms with E-state index in [0.717, 1.165) is 33.5 Å². The molecule has 3 aromatic rings. The number of pyridine rings is 1. The lowest BCUT2D eigenvalue weighted by atomic mass is 9.85. The number of carbonyl (C=O) groups is 1. The minimum atomic E-state index is -2.85. The average Bonchev–Trinajstić information content (AvgIpc) is 2.94. The van der Waals surface area contributed by atoms with Gasteiger partial charge in [0.25, 0.3) is 0 Å². The smallest absolute Gasteiger partial charge is 0.216 e. The molecule has 8 nitrogen and oxygen atoms in total. The first-order valence-electron chi connectivity index (χ1n) is 11.8. The average molecular weight is 497 g/mol. The maximum absolute atomic E-state index is 11.5. The third-order valence-electron chi connectivity index (χ3n) is 6.87. The van der Waals surface area contributed by atoms with E-state index in [4.69, 9.17) is 9.72 Å². The number of aryl methyl sites for hydroxylation is 1. The molecule has 0 aliphatic carbocycles. The Morgan fingerprint density at radius 3 is 2.71 bits per heavy atom. The van der Waals surface area contributed by atoms with E-state index >= 15 is 0 Å². The Morgan fingerprint density at radius 2 is 1.97 bits per heavy atom. The summed E-state index contributed by atoms with van der Waals surface area (Å²) in [4.78, 5) is 19.2. The van der Waals surface area contributed by atoms with Gasteiger partial charge in [0, 0.05) is 50.2 Å². The van der Waals surface area contributed by atoms with Gasteiger partial charge in [-0.1, -0.05) is 36.4 Å². The van der Waals surface area contributed by atoms with Gasteiger partial charge in [-0.3, -0.25) is 13.9 Å². The summed E-state index contributed by atoms with van der Waals surface area (Å²) in [6.07, 6.45) is 0. The van der Waals surface area contributed by atoms with Crippen LogP contribution >= 0.6 is 10.6 Å². The third-order valence-corrected chi connectivity index (χ3v) is 8.72. The van der Waals surface area contributed by atoms with Gasteiger partial charge < -0.3 is 20.3 Å². The van der Waals surface area contributed by atoms with E-state index < -0.39 is 10.6 Å². The van der Waals surface area contributed by atoms with E-state index in [9.17, 15) is 13.9 Å². The fourth-order valence-electron chi connectivity index (χ4n) is 4.72. The Morgan fingerprint density at radius 1 is 1.17 bits per heavy atom. The van der Waals surface area contributed by atoms with E-state index in [0.29, 0.717) is 44.3 Å². The van der Waals surface area contributed by atoms with Crippen molar-refractivity contribution in [3.8, 4) is 0 Å². The molecule has 1 fully saturated rings. The Labute approximate surface area is 207 Å². The minimum Gasteiger partial charge on any atom is -0.384 e. The van der Waals surface area contributed by atoms with Crippen LogP contribution in [-0.4, -0.2) is 58.6 Å². The maximum Gasteiger partial charge on any atom is 0.216 e. The molecule has 5 rings (SSSR count). The molecule has 1 aromatic heterocycles. The molecule has 0 bridgehead atoms. The van der Waals surface area contributed by atoms with Crippen LogP contribution in [0.3, 0.4) is 0 Å². The largest absolute Gasteiger partial charge is 0.384 e. The van der Waals surface area contributed by atoms with Crippen LogP contribution in [0.15, 0.2) is 53.4 Å². The summed E-state index contributed by atoms with van der Waals surface area (Å²) in [7, 11) is -2.85. The summed E-state index contributed by atoms with van der Waals surface area (Å²) in [5.74, 6) is 1.01. The van der Waals surface area contributed by atoms with Crippen LogP contribution in [0.25, 0.3) is 10.9 Å². The zero-order chi connectivity index (χ0) is 24.6. The molecule has 0 atom stereocenters. The number of para-hydroxylation sites is 1. The van der Waals surface area contributed by atoms with Crippen molar-refractivity contribution in [1.29, 1.82) is 0 Å². The maximum atomic E-state index is 11.5. The van der Waals surface area contributed by atoms with E-state index in [-0.39, 0.29) is 17.1 Å². The Balaban J connectivity index is 1.48. The predicted octanol–water partition coefficient (Wildman–Crippen LogP) is 4.24. The van der Waals surface area contributed by atoms with Crippen LogP contribution in [0, 0.1) is 12.3 Å². The molecule has 4 N–H and O–H groups in total. The summed E-state index contributed by atoms with van der Waals surface area (Å²) in [5, 5.41) is 7.58. The van der Waals surface area contributed by atoms with Gasteiger partial charge in [-0.15, -0.1) is 0 Å². The topological polar surface area (TPSA) is 107 Å². The molecule has 2 aromatic carbocycles. The highest BCUT2D eigenvalue weighted by atomic mass is 32.3. The van der Waals surface area contributed by atoms with Gasteiger partial charge >= 0.3 is 0 Å². The van der Waals surface area contributed by atoms with E-state index in [2.05, 4.69) is 34.6 Å². The van der Waals surface area contributed by atoms with Crippen molar-refractivity contribution in [2.75, 3.05) is 48.8 Å². The molecular formula is C26H32N4O4S. The Hall–Kier alpha value is -2.85. The number of rotatable bonds is 6. The SMILES string of the molecule is CC(=O)NCC1(CNc2cc(N3CCS(O)(O)c4ccccc4C3)nc3c(C)cccc23)COC1. The fourth-order valence-corrected chi connectivity index (χ4v) is 6.26. The number of aromatic nitrogens is 1. The van der Waals surface area contributed by atoms with Gasteiger partial charge in [0.1, 0.15) is 5.82 Å². The zero-order valence-electron chi connectivity index (χ0n) is 20.1. The first kappa shape index (κ1) is 23.9. The minimum absolute atomic E-state index is 0.0454. The van der Waals surface area contributed by atoms with Crippen LogP contribution in [0.5, 0.6) is 0 Å². The lowest BCUT2D eigenvalue weighted by Gasteiger charge is -2.41. The van der Waals surface area contributed by atoms with Crippen molar-refractivity contribution >= 4 is 38.9 Å². The van der Waals surface area contributed by atoms with E-state index in [1.807, 2.05) is 36.4 Å². The number of hydrogen-bond acceptors (Lipinski definition) is 7. The second-order valence-corrected chi connectivity index (χ2v) is 11.8. The lowest BCUT2D eigenvalue weighted by Crippen LogP contribution is -2.54. The predicted molar refractivity (Wildman–Crippen MR) is 140 cm³/mol. The first-order valence-corrected chi connectivity index (χ1v) is 13.5. The number of amides is 1. The van der Waals surface area contributed by atoms with Gasteiger partial charge in [0.15, 0.2) is 0 Å². The summed E-state index contributed by atoms with van der Waals surface area (Å²) >= 11 is 0. The number of benzene rings is 2. The van der Waals surface area contributed by atoms with Crippen molar-refractivity contribution < 1.29 is 18.6 Å². The normalized spacial score (nSPS) is 19.3. The second kappa shape index (κ2) is 9.31. The first-order chi connectivity index (χ1) is 16.8. The Kier molecular flexibility index (Phi) is 6.35.